The highest BCUT2D eigenvalue weighted by molar-refractivity contribution is 5.76. The van der Waals surface area contributed by atoms with Crippen LogP contribution in [0.25, 0.3) is 0 Å². The van der Waals surface area contributed by atoms with Gasteiger partial charge in [-0.2, -0.15) is 5.10 Å². The largest absolute Gasteiger partial charge is 0.393 e. The SMILES string of the molecule is Cc1nn(C)cc1N1CCN(C(=O)CC[C@@H](C)[C@H]2CC[C@H]3[C@@H]4CC=C5C[C@@H](O)CC[C@]5(C)[C@H]4CC[C@]23C)CC1. The van der Waals surface area contributed by atoms with Crippen LogP contribution in [0.3, 0.4) is 0 Å². The van der Waals surface area contributed by atoms with E-state index in [0.29, 0.717) is 29.1 Å². The number of amides is 1. The summed E-state index contributed by atoms with van der Waals surface area (Å²) in [6, 6.07) is 0. The van der Waals surface area contributed by atoms with Crippen LogP contribution in [0.5, 0.6) is 0 Å². The Morgan fingerprint density at radius 1 is 1.10 bits per heavy atom. The van der Waals surface area contributed by atoms with E-state index >= 15 is 0 Å². The van der Waals surface area contributed by atoms with Crippen molar-refractivity contribution in [3.05, 3.63) is 23.5 Å². The molecule has 8 atom stereocenters. The lowest BCUT2D eigenvalue weighted by atomic mass is 9.47. The normalized spacial score (nSPS) is 39.0. The molecular weight excluding hydrogens is 484 g/mol. The van der Waals surface area contributed by atoms with Crippen LogP contribution >= 0.6 is 0 Å². The van der Waals surface area contributed by atoms with Gasteiger partial charge in [-0.05, 0) is 105 Å². The number of carbonyl (C=O) groups is 1. The number of hydrogen-bond acceptors (Lipinski definition) is 4. The molecule has 39 heavy (non-hydrogen) atoms. The molecule has 3 saturated carbocycles. The molecule has 1 aliphatic heterocycles. The monoisotopic (exact) mass is 536 g/mol. The number of allylic oxidation sites excluding steroid dienone is 1. The molecule has 0 aromatic carbocycles. The highest BCUT2D eigenvalue weighted by atomic mass is 16.3. The van der Waals surface area contributed by atoms with Gasteiger partial charge in [-0.15, -0.1) is 0 Å². The summed E-state index contributed by atoms with van der Waals surface area (Å²) in [5.41, 5.74) is 4.59. The number of carbonyl (C=O) groups excluding carboxylic acids is 1. The number of anilines is 1. The van der Waals surface area contributed by atoms with Gasteiger partial charge in [0.25, 0.3) is 0 Å². The van der Waals surface area contributed by atoms with Crippen LogP contribution in [0, 0.1) is 47.3 Å². The highest BCUT2D eigenvalue weighted by Crippen LogP contribution is 2.67. The average Bonchev–Trinajstić information content (AvgIpc) is 3.45. The van der Waals surface area contributed by atoms with E-state index in [1.165, 1.54) is 44.2 Å². The molecule has 6 nitrogen and oxygen atoms in total. The van der Waals surface area contributed by atoms with Crippen LogP contribution in [0.1, 0.15) is 90.7 Å². The summed E-state index contributed by atoms with van der Waals surface area (Å²) >= 11 is 0. The van der Waals surface area contributed by atoms with Crippen molar-refractivity contribution in [2.75, 3.05) is 31.1 Å². The van der Waals surface area contributed by atoms with Crippen LogP contribution < -0.4 is 4.90 Å². The zero-order valence-electron chi connectivity index (χ0n) is 25.2. The molecule has 6 heteroatoms. The smallest absolute Gasteiger partial charge is 0.222 e. The van der Waals surface area contributed by atoms with Crippen molar-refractivity contribution in [2.24, 2.45) is 47.5 Å². The predicted octanol–water partition coefficient (Wildman–Crippen LogP) is 5.73. The van der Waals surface area contributed by atoms with Crippen molar-refractivity contribution in [1.29, 1.82) is 0 Å². The predicted molar refractivity (Wildman–Crippen MR) is 156 cm³/mol. The Morgan fingerprint density at radius 3 is 2.59 bits per heavy atom. The lowest BCUT2D eigenvalue weighted by molar-refractivity contribution is -0.132. The number of aliphatic hydroxyl groups excluding tert-OH is 1. The first-order valence-electron chi connectivity index (χ1n) is 16.0. The van der Waals surface area contributed by atoms with E-state index in [1.54, 1.807) is 5.57 Å². The van der Waals surface area contributed by atoms with Crippen molar-refractivity contribution in [1.82, 2.24) is 14.7 Å². The summed E-state index contributed by atoms with van der Waals surface area (Å²) in [5.74, 6) is 4.14. The van der Waals surface area contributed by atoms with Gasteiger partial charge in [0, 0.05) is 45.8 Å². The maximum Gasteiger partial charge on any atom is 0.222 e. The maximum absolute atomic E-state index is 13.2. The Morgan fingerprint density at radius 2 is 1.87 bits per heavy atom. The van der Waals surface area contributed by atoms with Crippen molar-refractivity contribution < 1.29 is 9.90 Å². The molecule has 1 saturated heterocycles. The van der Waals surface area contributed by atoms with Gasteiger partial charge in [-0.3, -0.25) is 9.48 Å². The van der Waals surface area contributed by atoms with E-state index in [1.807, 2.05) is 11.7 Å². The minimum absolute atomic E-state index is 0.122. The van der Waals surface area contributed by atoms with Gasteiger partial charge in [0.1, 0.15) is 0 Å². The van der Waals surface area contributed by atoms with Crippen LogP contribution in [0.15, 0.2) is 17.8 Å². The number of aryl methyl sites for hydroxylation is 2. The Labute approximate surface area is 236 Å². The van der Waals surface area contributed by atoms with E-state index in [0.717, 1.165) is 74.8 Å². The lowest BCUT2D eigenvalue weighted by Gasteiger charge is -2.58. The van der Waals surface area contributed by atoms with Crippen LogP contribution in [0.2, 0.25) is 0 Å². The zero-order chi connectivity index (χ0) is 27.5. The molecule has 6 rings (SSSR count). The molecule has 4 fully saturated rings. The topological polar surface area (TPSA) is 61.6 Å². The number of piperazine rings is 1. The molecule has 2 heterocycles. The Kier molecular flexibility index (Phi) is 7.17. The molecule has 5 aliphatic rings. The second-order valence-electron chi connectivity index (χ2n) is 14.5. The van der Waals surface area contributed by atoms with E-state index in [4.69, 9.17) is 0 Å². The minimum atomic E-state index is -0.122. The molecule has 1 aromatic heterocycles. The Bertz CT molecular complexity index is 1100. The number of aliphatic hydroxyl groups is 1. The first kappa shape index (κ1) is 27.4. The molecule has 1 aromatic rings. The third-order valence-corrected chi connectivity index (χ3v) is 12.6. The molecule has 0 unspecified atom stereocenters. The van der Waals surface area contributed by atoms with Crippen molar-refractivity contribution in [2.45, 2.75) is 98.0 Å². The van der Waals surface area contributed by atoms with Gasteiger partial charge in [0.15, 0.2) is 0 Å². The van der Waals surface area contributed by atoms with Crippen molar-refractivity contribution in [3.8, 4) is 0 Å². The molecule has 4 aliphatic carbocycles. The van der Waals surface area contributed by atoms with Crippen molar-refractivity contribution in [3.63, 3.8) is 0 Å². The van der Waals surface area contributed by atoms with Crippen LogP contribution in [-0.4, -0.2) is 58.0 Å². The van der Waals surface area contributed by atoms with Crippen molar-refractivity contribution >= 4 is 11.6 Å². The van der Waals surface area contributed by atoms with E-state index in [-0.39, 0.29) is 6.10 Å². The molecular formula is C33H52N4O2. The molecule has 0 radical (unpaired) electrons. The average molecular weight is 537 g/mol. The summed E-state index contributed by atoms with van der Waals surface area (Å²) < 4.78 is 1.88. The highest BCUT2D eigenvalue weighted by Gasteiger charge is 2.59. The number of hydrogen-bond donors (Lipinski definition) is 1. The Balaban J connectivity index is 1.04. The number of rotatable bonds is 5. The zero-order valence-corrected chi connectivity index (χ0v) is 25.2. The van der Waals surface area contributed by atoms with Crippen LogP contribution in [0.4, 0.5) is 5.69 Å². The summed E-state index contributed by atoms with van der Waals surface area (Å²) in [4.78, 5) is 17.7. The third kappa shape index (κ3) is 4.67. The maximum atomic E-state index is 13.2. The van der Waals surface area contributed by atoms with Gasteiger partial charge in [0.2, 0.25) is 5.91 Å². The van der Waals surface area contributed by atoms with E-state index < -0.39 is 0 Å². The van der Waals surface area contributed by atoms with E-state index in [2.05, 4.69) is 54.9 Å². The number of nitrogens with zero attached hydrogens (tertiary/aromatic N) is 4. The number of fused-ring (bicyclic) bond motifs is 5. The fraction of sp³-hybridized carbons (Fsp3) is 0.818. The van der Waals surface area contributed by atoms with Gasteiger partial charge in [-0.1, -0.05) is 32.4 Å². The van der Waals surface area contributed by atoms with E-state index in [9.17, 15) is 9.90 Å². The summed E-state index contributed by atoms with van der Waals surface area (Å²) in [6.45, 7) is 13.1. The Hall–Kier alpha value is -1.82. The second kappa shape index (κ2) is 10.2. The van der Waals surface area contributed by atoms with Gasteiger partial charge < -0.3 is 14.9 Å². The van der Waals surface area contributed by atoms with Crippen LogP contribution in [-0.2, 0) is 11.8 Å². The summed E-state index contributed by atoms with van der Waals surface area (Å²) in [5, 5.41) is 14.8. The third-order valence-electron chi connectivity index (χ3n) is 12.6. The molecule has 1 N–H and O–H groups in total. The first-order chi connectivity index (χ1) is 18.6. The quantitative estimate of drug-likeness (QED) is 0.488. The molecule has 216 valence electrons. The summed E-state index contributed by atoms with van der Waals surface area (Å²) in [7, 11) is 1.97. The second-order valence-corrected chi connectivity index (χ2v) is 14.5. The van der Waals surface area contributed by atoms with Gasteiger partial charge in [-0.25, -0.2) is 0 Å². The lowest BCUT2D eigenvalue weighted by Crippen LogP contribution is -2.51. The number of aromatic nitrogens is 2. The molecule has 0 bridgehead atoms. The fourth-order valence-electron chi connectivity index (χ4n) is 10.4. The molecule has 0 spiro atoms. The standard InChI is InChI=1S/C33H52N4O2/c1-22(6-11-31(39)37-18-16-36(17-19-37)30-21-35(5)34-23(30)2)27-9-10-28-26-8-7-24-20-25(38)12-14-32(24,3)29(26)13-15-33(27,28)4/h7,21-22,25-29,38H,6,8-20H2,1-5H3/t22-,25+,26+,27-,28+,29+,32+,33-/m1/s1. The van der Waals surface area contributed by atoms with Gasteiger partial charge in [0.05, 0.1) is 17.5 Å². The molecule has 1 amide bonds. The van der Waals surface area contributed by atoms with Gasteiger partial charge >= 0.3 is 0 Å². The minimum Gasteiger partial charge on any atom is -0.393 e. The first-order valence-corrected chi connectivity index (χ1v) is 16.0. The fourth-order valence-corrected chi connectivity index (χ4v) is 10.4. The summed E-state index contributed by atoms with van der Waals surface area (Å²) in [6.07, 6.45) is 16.0.